The highest BCUT2D eigenvalue weighted by Crippen LogP contribution is 2.36. The molecule has 2 amide bonds. The summed E-state index contributed by atoms with van der Waals surface area (Å²) in [4.78, 5) is 43.3. The lowest BCUT2D eigenvalue weighted by Gasteiger charge is -2.35. The molecule has 190 valence electrons. The molecule has 3 heterocycles. The number of β-amino-alcohol motifs (C(OH)–C–C–N with tert-alkyl or cyclic N) is 1. The third-order valence-corrected chi connectivity index (χ3v) is 8.41. The van der Waals surface area contributed by atoms with Gasteiger partial charge in [-0.25, -0.2) is 0 Å². The van der Waals surface area contributed by atoms with E-state index >= 15 is 0 Å². The molecular weight excluding hydrogens is 446 g/mol. The Balaban J connectivity index is 1.26. The summed E-state index contributed by atoms with van der Waals surface area (Å²) in [6, 6.07) is 7.07. The highest BCUT2D eigenvalue weighted by atomic mass is 16.5. The van der Waals surface area contributed by atoms with E-state index in [1.54, 1.807) is 0 Å². The van der Waals surface area contributed by atoms with Crippen LogP contribution in [0.3, 0.4) is 0 Å². The third kappa shape index (κ3) is 4.63. The van der Waals surface area contributed by atoms with Crippen molar-refractivity contribution in [3.63, 3.8) is 0 Å². The summed E-state index contributed by atoms with van der Waals surface area (Å²) in [5, 5.41) is 13.4. The van der Waals surface area contributed by atoms with E-state index in [9.17, 15) is 19.5 Å². The topological polar surface area (TPSA) is 99.2 Å². The van der Waals surface area contributed by atoms with Gasteiger partial charge in [0.05, 0.1) is 6.54 Å². The SMILES string of the molecule is CCCN1CCC(c2ccc(C(=O)NC3(C(=O)N4C[C@@H](O)[C@H]5OCC(=O)[C@H]54)CCCC3)cc2)CC1. The number of nitrogens with one attached hydrogen (secondary N) is 1. The molecule has 0 radical (unpaired) electrons. The van der Waals surface area contributed by atoms with Crippen LogP contribution < -0.4 is 5.32 Å². The predicted octanol–water partition coefficient (Wildman–Crippen LogP) is 1.86. The Hall–Kier alpha value is -2.29. The van der Waals surface area contributed by atoms with Crippen LogP contribution >= 0.6 is 0 Å². The zero-order valence-corrected chi connectivity index (χ0v) is 20.6. The van der Waals surface area contributed by atoms with Gasteiger partial charge >= 0.3 is 0 Å². The maximum Gasteiger partial charge on any atom is 0.252 e. The van der Waals surface area contributed by atoms with Crippen molar-refractivity contribution in [2.24, 2.45) is 0 Å². The number of carbonyl (C=O) groups is 3. The largest absolute Gasteiger partial charge is 0.388 e. The van der Waals surface area contributed by atoms with E-state index < -0.39 is 23.8 Å². The number of ketones is 1. The Labute approximate surface area is 207 Å². The van der Waals surface area contributed by atoms with Gasteiger partial charge in [0.2, 0.25) is 5.91 Å². The molecule has 3 atom stereocenters. The van der Waals surface area contributed by atoms with Crippen molar-refractivity contribution in [1.82, 2.24) is 15.1 Å². The monoisotopic (exact) mass is 483 g/mol. The quantitative estimate of drug-likeness (QED) is 0.641. The minimum Gasteiger partial charge on any atom is -0.388 e. The summed E-state index contributed by atoms with van der Waals surface area (Å²) in [5.41, 5.74) is 0.761. The Morgan fingerprint density at radius 2 is 1.83 bits per heavy atom. The molecule has 3 saturated heterocycles. The molecule has 1 aromatic rings. The number of Topliss-reactive ketones (excluding diaryl/α,β-unsaturated/α-hetero) is 1. The fourth-order valence-corrected chi connectivity index (χ4v) is 6.49. The molecule has 8 nitrogen and oxygen atoms in total. The van der Waals surface area contributed by atoms with Crippen LogP contribution in [0.1, 0.15) is 73.7 Å². The molecule has 4 fully saturated rings. The first kappa shape index (κ1) is 24.4. The Kier molecular flexibility index (Phi) is 6.97. The van der Waals surface area contributed by atoms with Crippen molar-refractivity contribution in [3.8, 4) is 0 Å². The smallest absolute Gasteiger partial charge is 0.252 e. The highest BCUT2D eigenvalue weighted by Gasteiger charge is 2.56. The highest BCUT2D eigenvalue weighted by molar-refractivity contribution is 6.01. The van der Waals surface area contributed by atoms with E-state index in [-0.39, 0.29) is 30.7 Å². The minimum atomic E-state index is -1.04. The molecule has 0 aromatic heterocycles. The third-order valence-electron chi connectivity index (χ3n) is 8.41. The molecular formula is C27H37N3O5. The first-order chi connectivity index (χ1) is 16.9. The molecule has 0 bridgehead atoms. The van der Waals surface area contributed by atoms with Gasteiger partial charge in [-0.2, -0.15) is 0 Å². The molecule has 8 heteroatoms. The number of carbonyl (C=O) groups excluding carboxylic acids is 3. The minimum absolute atomic E-state index is 0.0588. The normalized spacial score (nSPS) is 28.9. The zero-order valence-electron chi connectivity index (χ0n) is 20.6. The van der Waals surface area contributed by atoms with Crippen LogP contribution in [0.5, 0.6) is 0 Å². The van der Waals surface area contributed by atoms with Crippen LogP contribution in [0, 0.1) is 0 Å². The van der Waals surface area contributed by atoms with Crippen molar-refractivity contribution in [3.05, 3.63) is 35.4 Å². The van der Waals surface area contributed by atoms with Crippen LogP contribution in [0.25, 0.3) is 0 Å². The second-order valence-electron chi connectivity index (χ2n) is 10.7. The number of piperidine rings is 1. The van der Waals surface area contributed by atoms with E-state index in [1.165, 1.54) is 16.9 Å². The first-order valence-corrected chi connectivity index (χ1v) is 13.2. The molecule has 5 rings (SSSR count). The van der Waals surface area contributed by atoms with Gasteiger partial charge in [0, 0.05) is 5.56 Å². The standard InChI is InChI=1S/C27H37N3O5/c1-2-13-29-14-9-19(10-15-29)18-5-7-20(8-6-18)25(33)28-27(11-3-4-12-27)26(34)30-16-21(31)24-23(30)22(32)17-35-24/h5-8,19,21,23-24,31H,2-4,9-17H2,1H3,(H,28,33)/t21-,23-,24-/m1/s1. The number of hydrogen-bond acceptors (Lipinski definition) is 6. The molecule has 1 saturated carbocycles. The number of aliphatic hydroxyl groups is 1. The second kappa shape index (κ2) is 9.99. The molecule has 0 unspecified atom stereocenters. The van der Waals surface area contributed by atoms with Crippen LogP contribution in [0.4, 0.5) is 0 Å². The summed E-state index contributed by atoms with van der Waals surface area (Å²) in [5.74, 6) is -0.210. The van der Waals surface area contributed by atoms with Gasteiger partial charge < -0.3 is 25.0 Å². The number of rotatable bonds is 6. The number of fused-ring (bicyclic) bond motifs is 1. The summed E-state index contributed by atoms with van der Waals surface area (Å²) in [7, 11) is 0. The van der Waals surface area contributed by atoms with Gasteiger partial charge in [-0.3, -0.25) is 14.4 Å². The van der Waals surface area contributed by atoms with E-state index in [0.29, 0.717) is 24.3 Å². The fourth-order valence-electron chi connectivity index (χ4n) is 6.49. The number of aliphatic hydroxyl groups excluding tert-OH is 1. The number of nitrogens with zero attached hydrogens (tertiary/aromatic N) is 2. The fraction of sp³-hybridized carbons (Fsp3) is 0.667. The molecule has 4 aliphatic rings. The predicted molar refractivity (Wildman–Crippen MR) is 130 cm³/mol. The van der Waals surface area contributed by atoms with E-state index in [2.05, 4.69) is 17.1 Å². The Bertz CT molecular complexity index is 950. The second-order valence-corrected chi connectivity index (χ2v) is 10.7. The van der Waals surface area contributed by atoms with Gasteiger partial charge in [0.15, 0.2) is 5.78 Å². The lowest BCUT2D eigenvalue weighted by Crippen LogP contribution is -2.60. The van der Waals surface area contributed by atoms with Gasteiger partial charge in [-0.15, -0.1) is 0 Å². The Morgan fingerprint density at radius 3 is 2.49 bits per heavy atom. The average Bonchev–Trinajstić information content (AvgIpc) is 3.58. The lowest BCUT2D eigenvalue weighted by atomic mass is 9.88. The number of benzene rings is 1. The molecule has 3 aliphatic heterocycles. The van der Waals surface area contributed by atoms with Crippen molar-refractivity contribution in [2.45, 2.75) is 81.6 Å². The van der Waals surface area contributed by atoms with Crippen LogP contribution in [0.2, 0.25) is 0 Å². The summed E-state index contributed by atoms with van der Waals surface area (Å²) < 4.78 is 5.42. The maximum atomic E-state index is 13.7. The van der Waals surface area contributed by atoms with E-state index in [4.69, 9.17) is 4.74 Å². The van der Waals surface area contributed by atoms with Crippen molar-refractivity contribution in [1.29, 1.82) is 0 Å². The van der Waals surface area contributed by atoms with E-state index in [1.807, 2.05) is 24.3 Å². The number of hydrogen-bond donors (Lipinski definition) is 2. The van der Waals surface area contributed by atoms with Crippen molar-refractivity contribution >= 4 is 17.6 Å². The zero-order chi connectivity index (χ0) is 24.6. The lowest BCUT2D eigenvalue weighted by molar-refractivity contribution is -0.142. The molecule has 1 aromatic carbocycles. The molecule has 35 heavy (non-hydrogen) atoms. The van der Waals surface area contributed by atoms with Gasteiger partial charge in [0.1, 0.15) is 30.4 Å². The summed E-state index contributed by atoms with van der Waals surface area (Å²) in [6.07, 6.45) is 4.63. The van der Waals surface area contributed by atoms with Gasteiger partial charge in [-0.1, -0.05) is 31.9 Å². The summed E-state index contributed by atoms with van der Waals surface area (Å²) in [6.45, 7) is 5.58. The van der Waals surface area contributed by atoms with Crippen LogP contribution in [-0.2, 0) is 14.3 Å². The molecule has 1 aliphatic carbocycles. The Morgan fingerprint density at radius 1 is 1.14 bits per heavy atom. The molecule has 0 spiro atoms. The van der Waals surface area contributed by atoms with Crippen molar-refractivity contribution < 1.29 is 24.2 Å². The van der Waals surface area contributed by atoms with Crippen LogP contribution in [-0.4, -0.2) is 89.1 Å². The number of ether oxygens (including phenoxy) is 1. The van der Waals surface area contributed by atoms with Crippen molar-refractivity contribution in [2.75, 3.05) is 32.8 Å². The average molecular weight is 484 g/mol. The summed E-state index contributed by atoms with van der Waals surface area (Å²) >= 11 is 0. The van der Waals surface area contributed by atoms with Crippen LogP contribution in [0.15, 0.2) is 24.3 Å². The van der Waals surface area contributed by atoms with E-state index in [0.717, 1.165) is 45.3 Å². The molecule has 2 N–H and O–H groups in total. The van der Waals surface area contributed by atoms with Gasteiger partial charge in [-0.05, 0) is 75.4 Å². The first-order valence-electron chi connectivity index (χ1n) is 13.2. The maximum absolute atomic E-state index is 13.7. The van der Waals surface area contributed by atoms with Gasteiger partial charge in [0.25, 0.3) is 5.91 Å². The number of likely N-dealkylation sites (tertiary alicyclic amines) is 2. The number of amides is 2.